The molecule has 0 bridgehead atoms. The van der Waals surface area contributed by atoms with E-state index in [0.717, 1.165) is 0 Å². The summed E-state index contributed by atoms with van der Waals surface area (Å²) in [6.07, 6.45) is 1.67. The van der Waals surface area contributed by atoms with Crippen LogP contribution in [0.5, 0.6) is 0 Å². The Morgan fingerprint density at radius 1 is 1.10 bits per heavy atom. The normalized spacial score (nSPS) is 11.6. The summed E-state index contributed by atoms with van der Waals surface area (Å²) >= 11 is 1.17. The lowest BCUT2D eigenvalue weighted by atomic mass is 10.2. The van der Waals surface area contributed by atoms with E-state index in [4.69, 9.17) is 0 Å². The summed E-state index contributed by atoms with van der Waals surface area (Å²) < 4.78 is 31.0. The van der Waals surface area contributed by atoms with Gasteiger partial charge in [0.15, 0.2) is 10.5 Å². The number of rotatable bonds is 4. The van der Waals surface area contributed by atoms with E-state index in [-0.39, 0.29) is 22.9 Å². The Hall–Kier alpha value is -3.72. The number of hydrogen-bond acceptors (Lipinski definition) is 4. The highest BCUT2D eigenvalue weighted by atomic mass is 32.1. The van der Waals surface area contributed by atoms with Crippen molar-refractivity contribution in [1.82, 2.24) is 14.3 Å². The number of nitrogens with zero attached hydrogens (tertiary/aromatic N) is 4. The third kappa shape index (κ3) is 4.26. The summed E-state index contributed by atoms with van der Waals surface area (Å²) in [7, 11) is 0. The van der Waals surface area contributed by atoms with Crippen molar-refractivity contribution in [3.8, 4) is 5.69 Å². The molecule has 6 nitrogen and oxygen atoms in total. The molecule has 0 saturated carbocycles. The predicted molar refractivity (Wildman–Crippen MR) is 112 cm³/mol. The van der Waals surface area contributed by atoms with Gasteiger partial charge in [-0.05, 0) is 25.1 Å². The molecule has 0 aliphatic heterocycles. The maximum Gasteiger partial charge on any atom is 0.304 e. The molecule has 0 spiro atoms. The monoisotopic (exact) mass is 438 g/mol. The maximum absolute atomic E-state index is 14.2. The number of halogens is 2. The smallest absolute Gasteiger partial charge is 0.304 e. The second kappa shape index (κ2) is 8.57. The molecule has 0 radical (unpaired) electrons. The van der Waals surface area contributed by atoms with E-state index in [1.807, 2.05) is 0 Å². The summed E-state index contributed by atoms with van der Waals surface area (Å²) in [4.78, 5) is 29.5. The fourth-order valence-electron chi connectivity index (χ4n) is 3.02. The highest BCUT2D eigenvalue weighted by Crippen LogP contribution is 2.13. The molecule has 0 unspecified atom stereocenters. The van der Waals surface area contributed by atoms with E-state index in [1.165, 1.54) is 46.4 Å². The number of para-hydroxylation sites is 1. The van der Waals surface area contributed by atoms with Crippen molar-refractivity contribution in [2.75, 3.05) is 0 Å². The summed E-state index contributed by atoms with van der Waals surface area (Å²) in [5, 5.41) is 5.77. The van der Waals surface area contributed by atoms with E-state index < -0.39 is 22.8 Å². The van der Waals surface area contributed by atoms with Crippen molar-refractivity contribution in [1.29, 1.82) is 0 Å². The Morgan fingerprint density at radius 2 is 1.81 bits per heavy atom. The van der Waals surface area contributed by atoms with Crippen LogP contribution in [0.3, 0.4) is 0 Å². The van der Waals surface area contributed by atoms with Crippen LogP contribution in [0.2, 0.25) is 0 Å². The molecule has 2 heterocycles. The van der Waals surface area contributed by atoms with Crippen LogP contribution in [0.25, 0.3) is 5.69 Å². The van der Waals surface area contributed by atoms with Gasteiger partial charge in [-0.25, -0.2) is 13.5 Å². The summed E-state index contributed by atoms with van der Waals surface area (Å²) in [6.45, 7) is 1.76. The zero-order valence-corrected chi connectivity index (χ0v) is 17.1. The number of thiazole rings is 1. The molecule has 4 rings (SSSR count). The molecule has 0 atom stereocenters. The molecule has 2 aromatic carbocycles. The minimum absolute atomic E-state index is 0.111. The highest BCUT2D eigenvalue weighted by molar-refractivity contribution is 7.07. The first-order valence-electron chi connectivity index (χ1n) is 9.26. The van der Waals surface area contributed by atoms with Crippen molar-refractivity contribution in [3.63, 3.8) is 0 Å². The average Bonchev–Trinajstić information content (AvgIpc) is 3.17. The van der Waals surface area contributed by atoms with Crippen LogP contribution in [0.15, 0.2) is 76.0 Å². The number of hydrogen-bond donors (Lipinski definition) is 0. The van der Waals surface area contributed by atoms with Gasteiger partial charge >= 0.3 is 5.91 Å². The highest BCUT2D eigenvalue weighted by Gasteiger charge is 2.16. The van der Waals surface area contributed by atoms with E-state index >= 15 is 0 Å². The zero-order valence-electron chi connectivity index (χ0n) is 16.3. The minimum atomic E-state index is -0.861. The van der Waals surface area contributed by atoms with E-state index in [1.54, 1.807) is 47.3 Å². The third-order valence-corrected chi connectivity index (χ3v) is 5.34. The number of amides is 1. The van der Waals surface area contributed by atoms with Gasteiger partial charge in [0.05, 0.1) is 6.54 Å². The molecule has 156 valence electrons. The maximum atomic E-state index is 14.2. The summed E-state index contributed by atoms with van der Waals surface area (Å²) in [5.41, 5.74) is -0.127. The molecule has 4 aromatic rings. The quantitative estimate of drug-likeness (QED) is 0.490. The Bertz CT molecular complexity index is 1400. The van der Waals surface area contributed by atoms with Gasteiger partial charge in [0, 0.05) is 28.9 Å². The Morgan fingerprint density at radius 3 is 2.55 bits per heavy atom. The van der Waals surface area contributed by atoms with Gasteiger partial charge < -0.3 is 4.57 Å². The van der Waals surface area contributed by atoms with Crippen LogP contribution in [0, 0.1) is 18.6 Å². The van der Waals surface area contributed by atoms with Crippen molar-refractivity contribution in [2.45, 2.75) is 13.5 Å². The minimum Gasteiger partial charge on any atom is -0.319 e. The van der Waals surface area contributed by atoms with Crippen LogP contribution in [0.1, 0.15) is 21.7 Å². The summed E-state index contributed by atoms with van der Waals surface area (Å²) in [6, 6.07) is 13.4. The fraction of sp³-hybridized carbons (Fsp3) is 0.0909. The van der Waals surface area contributed by atoms with E-state index in [9.17, 15) is 18.4 Å². The first kappa shape index (κ1) is 20.5. The van der Waals surface area contributed by atoms with Gasteiger partial charge in [0.2, 0.25) is 5.43 Å². The van der Waals surface area contributed by atoms with Gasteiger partial charge in [-0.3, -0.25) is 9.59 Å². The van der Waals surface area contributed by atoms with Crippen LogP contribution < -0.4 is 10.2 Å². The molecule has 1 amide bonds. The second-order valence-corrected chi connectivity index (χ2v) is 7.56. The first-order chi connectivity index (χ1) is 14.9. The molecule has 2 aromatic heterocycles. The van der Waals surface area contributed by atoms with Gasteiger partial charge in [0.25, 0.3) is 0 Å². The Kier molecular flexibility index (Phi) is 5.68. The lowest BCUT2D eigenvalue weighted by Crippen LogP contribution is -2.25. The van der Waals surface area contributed by atoms with Gasteiger partial charge in [-0.15, -0.1) is 11.3 Å². The molecule has 0 fully saturated rings. The number of carbonyl (C=O) groups is 1. The second-order valence-electron chi connectivity index (χ2n) is 6.68. The van der Waals surface area contributed by atoms with Gasteiger partial charge in [0.1, 0.15) is 17.3 Å². The molecule has 31 heavy (non-hydrogen) atoms. The number of aromatic nitrogens is 3. The molecule has 0 aliphatic rings. The van der Waals surface area contributed by atoms with Crippen molar-refractivity contribution in [3.05, 3.63) is 110 Å². The molecule has 0 saturated heterocycles. The topological polar surface area (TPSA) is 69.2 Å². The first-order valence-corrected chi connectivity index (χ1v) is 10.1. The zero-order chi connectivity index (χ0) is 22.0. The van der Waals surface area contributed by atoms with E-state index in [2.05, 4.69) is 10.1 Å². The molecule has 9 heteroatoms. The van der Waals surface area contributed by atoms with Crippen molar-refractivity contribution >= 4 is 17.2 Å². The average molecular weight is 438 g/mol. The molecular weight excluding hydrogens is 422 g/mol. The standard InChI is InChI=1S/C22H16F2N4O2S/c1-14-12-19(29)20(26-28(14)18-9-5-4-8-17(18)24)21(30)25-22-27(10-11-31-22)13-15-6-2-3-7-16(15)23/h2-12H,13H2,1H3. The fourth-order valence-corrected chi connectivity index (χ4v) is 3.75. The van der Waals surface area contributed by atoms with Crippen LogP contribution in [0.4, 0.5) is 8.78 Å². The molecule has 0 N–H and O–H groups in total. The third-order valence-electron chi connectivity index (χ3n) is 4.55. The van der Waals surface area contributed by atoms with Crippen molar-refractivity contribution < 1.29 is 13.6 Å². The van der Waals surface area contributed by atoms with Crippen LogP contribution >= 0.6 is 11.3 Å². The SMILES string of the molecule is Cc1cc(=O)c(C(=O)N=c2sccn2Cc2ccccc2F)nn1-c1ccccc1F. The lowest BCUT2D eigenvalue weighted by Gasteiger charge is -2.10. The molecular formula is C22H16F2N4O2S. The van der Waals surface area contributed by atoms with Crippen LogP contribution in [-0.4, -0.2) is 20.3 Å². The predicted octanol–water partition coefficient (Wildman–Crippen LogP) is 3.47. The van der Waals surface area contributed by atoms with Crippen LogP contribution in [-0.2, 0) is 6.54 Å². The van der Waals surface area contributed by atoms with E-state index in [0.29, 0.717) is 11.3 Å². The lowest BCUT2D eigenvalue weighted by molar-refractivity contribution is 0.0990. The van der Waals surface area contributed by atoms with Crippen molar-refractivity contribution in [2.24, 2.45) is 4.99 Å². The van der Waals surface area contributed by atoms with Gasteiger partial charge in [-0.1, -0.05) is 30.3 Å². The Balaban J connectivity index is 1.74. The molecule has 0 aliphatic carbocycles. The number of benzene rings is 2. The largest absolute Gasteiger partial charge is 0.319 e. The number of carbonyl (C=O) groups excluding carboxylic acids is 1. The number of aryl methyl sites for hydroxylation is 1. The Labute approximate surface area is 179 Å². The van der Waals surface area contributed by atoms with Gasteiger partial charge in [-0.2, -0.15) is 10.1 Å². The summed E-state index contributed by atoms with van der Waals surface area (Å²) in [5.74, 6) is -1.77.